The highest BCUT2D eigenvalue weighted by molar-refractivity contribution is 5.41. The molecule has 3 heteroatoms. The SMILES string of the molecule is Nc1cccnc1CN(CC1CC1)C1CC1. The average molecular weight is 217 g/mol. The predicted octanol–water partition coefficient (Wildman–Crippen LogP) is 2.04. The zero-order valence-corrected chi connectivity index (χ0v) is 9.60. The van der Waals surface area contributed by atoms with E-state index in [1.165, 1.54) is 32.2 Å². The molecule has 0 spiro atoms. The molecule has 0 bridgehead atoms. The lowest BCUT2D eigenvalue weighted by atomic mass is 10.2. The third-order valence-electron chi connectivity index (χ3n) is 3.53. The maximum atomic E-state index is 5.95. The molecule has 0 atom stereocenters. The summed E-state index contributed by atoms with van der Waals surface area (Å²) in [6.07, 6.45) is 7.40. The summed E-state index contributed by atoms with van der Waals surface area (Å²) in [5, 5.41) is 0. The van der Waals surface area contributed by atoms with Crippen LogP contribution in [0, 0.1) is 5.92 Å². The second kappa shape index (κ2) is 4.06. The largest absolute Gasteiger partial charge is 0.397 e. The van der Waals surface area contributed by atoms with Crippen LogP contribution in [-0.4, -0.2) is 22.5 Å². The smallest absolute Gasteiger partial charge is 0.0772 e. The minimum Gasteiger partial charge on any atom is -0.397 e. The molecule has 86 valence electrons. The quantitative estimate of drug-likeness (QED) is 0.820. The van der Waals surface area contributed by atoms with E-state index in [0.717, 1.165) is 29.9 Å². The molecule has 0 aromatic carbocycles. The fraction of sp³-hybridized carbons (Fsp3) is 0.615. The van der Waals surface area contributed by atoms with Crippen LogP contribution in [0.15, 0.2) is 18.3 Å². The molecular formula is C13H19N3. The minimum atomic E-state index is 0.807. The topological polar surface area (TPSA) is 42.1 Å². The molecule has 3 nitrogen and oxygen atoms in total. The van der Waals surface area contributed by atoms with Gasteiger partial charge in [0.05, 0.1) is 11.4 Å². The first-order valence-electron chi connectivity index (χ1n) is 6.26. The zero-order valence-electron chi connectivity index (χ0n) is 9.60. The number of hydrogen-bond acceptors (Lipinski definition) is 3. The van der Waals surface area contributed by atoms with Gasteiger partial charge >= 0.3 is 0 Å². The lowest BCUT2D eigenvalue weighted by Gasteiger charge is -2.21. The molecule has 2 aliphatic carbocycles. The van der Waals surface area contributed by atoms with Gasteiger partial charge in [-0.3, -0.25) is 9.88 Å². The fourth-order valence-corrected chi connectivity index (χ4v) is 2.19. The molecular weight excluding hydrogens is 198 g/mol. The second-order valence-electron chi connectivity index (χ2n) is 5.14. The van der Waals surface area contributed by atoms with E-state index < -0.39 is 0 Å². The molecule has 2 aliphatic rings. The van der Waals surface area contributed by atoms with Crippen molar-refractivity contribution in [1.82, 2.24) is 9.88 Å². The Kier molecular flexibility index (Phi) is 2.56. The summed E-state index contributed by atoms with van der Waals surface area (Å²) < 4.78 is 0. The van der Waals surface area contributed by atoms with Crippen molar-refractivity contribution < 1.29 is 0 Å². The highest BCUT2D eigenvalue weighted by Gasteiger charge is 2.33. The molecule has 2 N–H and O–H groups in total. The summed E-state index contributed by atoms with van der Waals surface area (Å²) in [7, 11) is 0. The van der Waals surface area contributed by atoms with Crippen molar-refractivity contribution in [2.75, 3.05) is 12.3 Å². The first kappa shape index (κ1) is 10.1. The molecule has 0 radical (unpaired) electrons. The lowest BCUT2D eigenvalue weighted by molar-refractivity contribution is 0.241. The molecule has 1 aromatic rings. The molecule has 2 saturated carbocycles. The third-order valence-corrected chi connectivity index (χ3v) is 3.53. The van der Waals surface area contributed by atoms with Crippen LogP contribution in [0.5, 0.6) is 0 Å². The Morgan fingerprint density at radius 3 is 2.75 bits per heavy atom. The van der Waals surface area contributed by atoms with Gasteiger partial charge in [0.25, 0.3) is 0 Å². The van der Waals surface area contributed by atoms with Gasteiger partial charge in [0, 0.05) is 25.3 Å². The molecule has 0 aliphatic heterocycles. The van der Waals surface area contributed by atoms with Gasteiger partial charge in [-0.25, -0.2) is 0 Å². The monoisotopic (exact) mass is 217 g/mol. The Hall–Kier alpha value is -1.09. The number of nitrogens with zero attached hydrogens (tertiary/aromatic N) is 2. The van der Waals surface area contributed by atoms with Crippen molar-refractivity contribution in [1.29, 1.82) is 0 Å². The first-order valence-corrected chi connectivity index (χ1v) is 6.26. The molecule has 2 fully saturated rings. The van der Waals surface area contributed by atoms with Gasteiger partial charge in [0.15, 0.2) is 0 Å². The maximum Gasteiger partial charge on any atom is 0.0772 e. The Labute approximate surface area is 96.7 Å². The summed E-state index contributed by atoms with van der Waals surface area (Å²) in [5.41, 5.74) is 7.83. The van der Waals surface area contributed by atoms with E-state index >= 15 is 0 Å². The second-order valence-corrected chi connectivity index (χ2v) is 5.14. The van der Waals surface area contributed by atoms with Crippen molar-refractivity contribution in [3.63, 3.8) is 0 Å². The van der Waals surface area contributed by atoms with Crippen LogP contribution in [0.25, 0.3) is 0 Å². The van der Waals surface area contributed by atoms with Crippen LogP contribution in [0.3, 0.4) is 0 Å². The van der Waals surface area contributed by atoms with Crippen molar-refractivity contribution in [3.8, 4) is 0 Å². The minimum absolute atomic E-state index is 0.807. The van der Waals surface area contributed by atoms with Crippen LogP contribution in [-0.2, 0) is 6.54 Å². The summed E-state index contributed by atoms with van der Waals surface area (Å²) in [5.74, 6) is 0.950. The molecule has 0 saturated heterocycles. The standard InChI is InChI=1S/C13H19N3/c14-12-2-1-7-15-13(12)9-16(11-5-6-11)8-10-3-4-10/h1-2,7,10-11H,3-6,8-9,14H2. The predicted molar refractivity (Wildman–Crippen MR) is 64.8 cm³/mol. The van der Waals surface area contributed by atoms with Gasteiger partial charge < -0.3 is 5.73 Å². The van der Waals surface area contributed by atoms with Gasteiger partial charge in [-0.15, -0.1) is 0 Å². The van der Waals surface area contributed by atoms with Crippen LogP contribution in [0.4, 0.5) is 5.69 Å². The Bertz CT molecular complexity index is 369. The van der Waals surface area contributed by atoms with Crippen molar-refractivity contribution in [2.45, 2.75) is 38.3 Å². The number of anilines is 1. The van der Waals surface area contributed by atoms with E-state index in [1.54, 1.807) is 0 Å². The molecule has 1 aromatic heterocycles. The molecule has 1 heterocycles. The van der Waals surface area contributed by atoms with E-state index in [-0.39, 0.29) is 0 Å². The van der Waals surface area contributed by atoms with Crippen molar-refractivity contribution in [2.24, 2.45) is 5.92 Å². The number of rotatable bonds is 5. The number of hydrogen-bond donors (Lipinski definition) is 1. The Morgan fingerprint density at radius 2 is 2.12 bits per heavy atom. The Morgan fingerprint density at radius 1 is 1.31 bits per heavy atom. The zero-order chi connectivity index (χ0) is 11.0. The number of pyridine rings is 1. The molecule has 0 unspecified atom stereocenters. The summed E-state index contributed by atoms with van der Waals surface area (Å²) in [6, 6.07) is 4.66. The van der Waals surface area contributed by atoms with E-state index in [1.807, 2.05) is 18.3 Å². The Balaban J connectivity index is 1.67. The molecule has 3 rings (SSSR count). The number of nitrogens with two attached hydrogens (primary N) is 1. The van der Waals surface area contributed by atoms with Gasteiger partial charge in [-0.05, 0) is 43.7 Å². The van der Waals surface area contributed by atoms with Crippen LogP contribution in [0.1, 0.15) is 31.4 Å². The first-order chi connectivity index (χ1) is 7.83. The highest BCUT2D eigenvalue weighted by atomic mass is 15.2. The van der Waals surface area contributed by atoms with Gasteiger partial charge in [-0.2, -0.15) is 0 Å². The summed E-state index contributed by atoms with van der Waals surface area (Å²) in [4.78, 5) is 6.97. The van der Waals surface area contributed by atoms with Crippen LogP contribution < -0.4 is 5.73 Å². The average Bonchev–Trinajstić information content (AvgIpc) is 3.15. The van der Waals surface area contributed by atoms with E-state index in [4.69, 9.17) is 5.73 Å². The van der Waals surface area contributed by atoms with Crippen molar-refractivity contribution in [3.05, 3.63) is 24.0 Å². The number of nitrogen functional groups attached to an aromatic ring is 1. The van der Waals surface area contributed by atoms with Gasteiger partial charge in [-0.1, -0.05) is 0 Å². The molecule has 16 heavy (non-hydrogen) atoms. The van der Waals surface area contributed by atoms with Gasteiger partial charge in [0.1, 0.15) is 0 Å². The summed E-state index contributed by atoms with van der Waals surface area (Å²) >= 11 is 0. The third kappa shape index (κ3) is 2.35. The van der Waals surface area contributed by atoms with Gasteiger partial charge in [0.2, 0.25) is 0 Å². The lowest BCUT2D eigenvalue weighted by Crippen LogP contribution is -2.28. The summed E-state index contributed by atoms with van der Waals surface area (Å²) in [6.45, 7) is 2.19. The van der Waals surface area contributed by atoms with Crippen molar-refractivity contribution >= 4 is 5.69 Å². The maximum absolute atomic E-state index is 5.95. The highest BCUT2D eigenvalue weighted by Crippen LogP contribution is 2.35. The number of aromatic nitrogens is 1. The van der Waals surface area contributed by atoms with Crippen LogP contribution >= 0.6 is 0 Å². The van der Waals surface area contributed by atoms with Crippen LogP contribution in [0.2, 0.25) is 0 Å². The normalized spacial score (nSPS) is 20.3. The fourth-order valence-electron chi connectivity index (χ4n) is 2.19. The molecule has 0 amide bonds. The van der Waals surface area contributed by atoms with E-state index in [2.05, 4.69) is 9.88 Å². The van der Waals surface area contributed by atoms with E-state index in [0.29, 0.717) is 0 Å². The van der Waals surface area contributed by atoms with E-state index in [9.17, 15) is 0 Å².